The van der Waals surface area contributed by atoms with Crippen LogP contribution >= 0.6 is 0 Å². The van der Waals surface area contributed by atoms with Gasteiger partial charge < -0.3 is 10.1 Å². The van der Waals surface area contributed by atoms with Crippen molar-refractivity contribution >= 4 is 0 Å². The molecule has 10 heavy (non-hydrogen) atoms. The summed E-state index contributed by atoms with van der Waals surface area (Å²) in [5, 5.41) is 3.45. The third kappa shape index (κ3) is 0.523. The Balaban J connectivity index is 1.92. The summed E-state index contributed by atoms with van der Waals surface area (Å²) in [7, 11) is 0. The lowest BCUT2D eigenvalue weighted by atomic mass is 9.82. The van der Waals surface area contributed by atoms with Gasteiger partial charge in [0.1, 0.15) is 0 Å². The van der Waals surface area contributed by atoms with Gasteiger partial charge in [-0.1, -0.05) is 0 Å². The molecule has 0 saturated carbocycles. The smallest absolute Gasteiger partial charge is 0.0624 e. The van der Waals surface area contributed by atoms with Crippen LogP contribution in [0, 0.1) is 11.8 Å². The van der Waals surface area contributed by atoms with Crippen LogP contribution in [0.2, 0.25) is 0 Å². The molecule has 4 atom stereocenters. The topological polar surface area (TPSA) is 21.3 Å². The average Bonchev–Trinajstić information content (AvgIpc) is 2.60. The van der Waals surface area contributed by atoms with Crippen molar-refractivity contribution in [3.8, 4) is 0 Å². The zero-order valence-corrected chi connectivity index (χ0v) is 6.05. The summed E-state index contributed by atoms with van der Waals surface area (Å²) in [5.41, 5.74) is 0. The van der Waals surface area contributed by atoms with Gasteiger partial charge in [0.25, 0.3) is 0 Å². The molecule has 0 aliphatic carbocycles. The van der Waals surface area contributed by atoms with E-state index in [4.69, 9.17) is 4.74 Å². The Kier molecular flexibility index (Phi) is 0.968. The van der Waals surface area contributed by atoms with Crippen LogP contribution in [-0.4, -0.2) is 25.3 Å². The van der Waals surface area contributed by atoms with Crippen LogP contribution < -0.4 is 5.32 Å². The Bertz CT molecular complexity index is 143. The summed E-state index contributed by atoms with van der Waals surface area (Å²) < 4.78 is 5.80. The molecule has 0 unspecified atom stereocenters. The lowest BCUT2D eigenvalue weighted by Crippen LogP contribution is -2.24. The Morgan fingerprint density at radius 3 is 2.20 bits per heavy atom. The third-order valence-electron chi connectivity index (χ3n) is 3.35. The maximum absolute atomic E-state index is 5.80. The number of ether oxygens (including phenoxy) is 1. The molecule has 1 N–H and O–H groups in total. The predicted octanol–water partition coefficient (Wildman–Crippen LogP) is 0.383. The summed E-state index contributed by atoms with van der Waals surface area (Å²) in [4.78, 5) is 0. The third-order valence-corrected chi connectivity index (χ3v) is 3.35. The Hall–Kier alpha value is -0.0800. The van der Waals surface area contributed by atoms with Gasteiger partial charge in [0, 0.05) is 24.9 Å². The van der Waals surface area contributed by atoms with Gasteiger partial charge in [-0.15, -0.1) is 0 Å². The Morgan fingerprint density at radius 2 is 1.60 bits per heavy atom. The molecule has 0 radical (unpaired) electrons. The van der Waals surface area contributed by atoms with Gasteiger partial charge in [-0.3, -0.25) is 0 Å². The second-order valence-corrected chi connectivity index (χ2v) is 3.78. The summed E-state index contributed by atoms with van der Waals surface area (Å²) in [6, 6.07) is 0. The SMILES string of the molecule is C1NC[C@H]2[C@H]1[C@@H]1CC[C@H]2O1. The first-order valence-electron chi connectivity index (χ1n) is 4.31. The van der Waals surface area contributed by atoms with Gasteiger partial charge in [0.2, 0.25) is 0 Å². The highest BCUT2D eigenvalue weighted by molar-refractivity contribution is 5.01. The van der Waals surface area contributed by atoms with Crippen molar-refractivity contribution in [1.29, 1.82) is 0 Å². The molecular weight excluding hydrogens is 126 g/mol. The molecule has 3 saturated heterocycles. The molecule has 0 spiro atoms. The second-order valence-electron chi connectivity index (χ2n) is 3.78. The average molecular weight is 139 g/mol. The van der Waals surface area contributed by atoms with E-state index in [1.54, 1.807) is 0 Å². The summed E-state index contributed by atoms with van der Waals surface area (Å²) in [6.07, 6.45) is 3.91. The molecule has 3 aliphatic heterocycles. The van der Waals surface area contributed by atoms with Crippen molar-refractivity contribution in [2.75, 3.05) is 13.1 Å². The minimum Gasteiger partial charge on any atom is -0.374 e. The predicted molar refractivity (Wildman–Crippen MR) is 37.7 cm³/mol. The molecule has 3 rings (SSSR count). The van der Waals surface area contributed by atoms with E-state index in [-0.39, 0.29) is 0 Å². The minimum absolute atomic E-state index is 0.630. The van der Waals surface area contributed by atoms with Crippen molar-refractivity contribution in [2.45, 2.75) is 25.0 Å². The number of fused-ring (bicyclic) bond motifs is 5. The first kappa shape index (κ1) is 5.56. The molecule has 0 aromatic rings. The number of nitrogens with one attached hydrogen (secondary N) is 1. The van der Waals surface area contributed by atoms with Crippen LogP contribution in [0.4, 0.5) is 0 Å². The first-order chi connectivity index (χ1) is 4.95. The van der Waals surface area contributed by atoms with E-state index in [1.165, 1.54) is 25.9 Å². The highest BCUT2D eigenvalue weighted by atomic mass is 16.5. The Labute approximate surface area is 60.9 Å². The fourth-order valence-electron chi connectivity index (χ4n) is 2.85. The lowest BCUT2D eigenvalue weighted by Gasteiger charge is -2.18. The highest BCUT2D eigenvalue weighted by Crippen LogP contribution is 2.44. The molecule has 2 heteroatoms. The monoisotopic (exact) mass is 139 g/mol. The minimum atomic E-state index is 0.630. The zero-order chi connectivity index (χ0) is 6.55. The fraction of sp³-hybridized carbons (Fsp3) is 1.00. The van der Waals surface area contributed by atoms with E-state index >= 15 is 0 Å². The van der Waals surface area contributed by atoms with Crippen molar-refractivity contribution in [1.82, 2.24) is 5.32 Å². The molecule has 0 aromatic carbocycles. The van der Waals surface area contributed by atoms with Gasteiger partial charge in [0.15, 0.2) is 0 Å². The van der Waals surface area contributed by atoms with Crippen LogP contribution in [0.3, 0.4) is 0 Å². The van der Waals surface area contributed by atoms with Crippen LogP contribution in [0.25, 0.3) is 0 Å². The maximum Gasteiger partial charge on any atom is 0.0624 e. The van der Waals surface area contributed by atoms with Gasteiger partial charge in [-0.2, -0.15) is 0 Å². The summed E-state index contributed by atoms with van der Waals surface area (Å²) in [5.74, 6) is 1.75. The standard InChI is InChI=1S/C8H13NO/c1-2-8-6-4-9-3-5(6)7(1)10-8/h5-9H,1-4H2/t5-,6-,7-,8+/m0/s1. The molecular formula is C8H13NO. The van der Waals surface area contributed by atoms with Crippen LogP contribution in [0.1, 0.15) is 12.8 Å². The molecule has 0 aromatic heterocycles. The fourth-order valence-corrected chi connectivity index (χ4v) is 2.85. The zero-order valence-electron chi connectivity index (χ0n) is 6.05. The van der Waals surface area contributed by atoms with Crippen LogP contribution in [-0.2, 0) is 4.74 Å². The number of rotatable bonds is 0. The van der Waals surface area contributed by atoms with Gasteiger partial charge in [-0.25, -0.2) is 0 Å². The van der Waals surface area contributed by atoms with E-state index in [2.05, 4.69) is 5.32 Å². The molecule has 56 valence electrons. The molecule has 0 amide bonds. The molecule has 3 fully saturated rings. The summed E-state index contributed by atoms with van der Waals surface area (Å²) >= 11 is 0. The van der Waals surface area contributed by atoms with E-state index in [9.17, 15) is 0 Å². The van der Waals surface area contributed by atoms with Crippen molar-refractivity contribution in [3.05, 3.63) is 0 Å². The van der Waals surface area contributed by atoms with Gasteiger partial charge >= 0.3 is 0 Å². The molecule has 3 heterocycles. The van der Waals surface area contributed by atoms with E-state index in [0.29, 0.717) is 12.2 Å². The van der Waals surface area contributed by atoms with E-state index in [1.807, 2.05) is 0 Å². The normalized spacial score (nSPS) is 57.6. The number of hydrogen-bond donors (Lipinski definition) is 1. The molecule has 2 bridgehead atoms. The molecule has 3 aliphatic rings. The highest BCUT2D eigenvalue weighted by Gasteiger charge is 2.50. The first-order valence-corrected chi connectivity index (χ1v) is 4.31. The second kappa shape index (κ2) is 1.74. The van der Waals surface area contributed by atoms with Crippen LogP contribution in [0.15, 0.2) is 0 Å². The largest absolute Gasteiger partial charge is 0.374 e. The van der Waals surface area contributed by atoms with Crippen molar-refractivity contribution in [2.24, 2.45) is 11.8 Å². The van der Waals surface area contributed by atoms with Gasteiger partial charge in [-0.05, 0) is 12.8 Å². The summed E-state index contributed by atoms with van der Waals surface area (Å²) in [6.45, 7) is 2.43. The van der Waals surface area contributed by atoms with E-state index < -0.39 is 0 Å². The number of hydrogen-bond acceptors (Lipinski definition) is 2. The van der Waals surface area contributed by atoms with Crippen molar-refractivity contribution < 1.29 is 4.74 Å². The van der Waals surface area contributed by atoms with E-state index in [0.717, 1.165) is 11.8 Å². The van der Waals surface area contributed by atoms with Crippen LogP contribution in [0.5, 0.6) is 0 Å². The Morgan fingerprint density at radius 1 is 1.00 bits per heavy atom. The van der Waals surface area contributed by atoms with Crippen molar-refractivity contribution in [3.63, 3.8) is 0 Å². The lowest BCUT2D eigenvalue weighted by molar-refractivity contribution is 0.0832. The quantitative estimate of drug-likeness (QED) is 0.524. The van der Waals surface area contributed by atoms with Gasteiger partial charge in [0.05, 0.1) is 12.2 Å². The molecule has 2 nitrogen and oxygen atoms in total. The maximum atomic E-state index is 5.80.